The first-order valence-electron chi connectivity index (χ1n) is 5.55. The van der Waals surface area contributed by atoms with Gasteiger partial charge in [-0.25, -0.2) is 4.98 Å². The molecule has 0 atom stereocenters. The van der Waals surface area contributed by atoms with Gasteiger partial charge in [0.15, 0.2) is 0 Å². The van der Waals surface area contributed by atoms with E-state index in [9.17, 15) is 4.79 Å². The van der Waals surface area contributed by atoms with Gasteiger partial charge < -0.3 is 11.1 Å². The van der Waals surface area contributed by atoms with E-state index in [4.69, 9.17) is 5.73 Å². The van der Waals surface area contributed by atoms with E-state index in [0.717, 1.165) is 18.7 Å². The van der Waals surface area contributed by atoms with E-state index in [1.54, 1.807) is 0 Å². The fourth-order valence-corrected chi connectivity index (χ4v) is 1.66. The number of hydrogen-bond donors (Lipinski definition) is 3. The normalized spacial score (nSPS) is 24.2. The highest BCUT2D eigenvalue weighted by Gasteiger charge is 2.28. The Morgan fingerprint density at radius 3 is 2.75 bits per heavy atom. The van der Waals surface area contributed by atoms with E-state index in [1.165, 1.54) is 0 Å². The Morgan fingerprint density at radius 2 is 2.25 bits per heavy atom. The van der Waals surface area contributed by atoms with Gasteiger partial charge in [0.25, 0.3) is 5.91 Å². The zero-order chi connectivity index (χ0) is 11.7. The molecular formula is C10H17N5O. The van der Waals surface area contributed by atoms with Gasteiger partial charge in [0, 0.05) is 18.0 Å². The summed E-state index contributed by atoms with van der Waals surface area (Å²) in [5, 5.41) is 9.50. The minimum atomic E-state index is -0.222. The standard InChI is InChI=1S/C10H17N5O/c1-5(2)8-13-9(15-14-8)10(16)12-7-3-6(11)4-7/h5-7H,3-4,11H2,1-2H3,(H,12,16)(H,13,14,15). The first-order chi connectivity index (χ1) is 7.56. The van der Waals surface area contributed by atoms with Crippen LogP contribution in [0.1, 0.15) is 49.1 Å². The van der Waals surface area contributed by atoms with Gasteiger partial charge in [-0.05, 0) is 12.8 Å². The first-order valence-corrected chi connectivity index (χ1v) is 5.55. The summed E-state index contributed by atoms with van der Waals surface area (Å²) in [5.74, 6) is 0.964. The Kier molecular flexibility index (Phi) is 2.91. The van der Waals surface area contributed by atoms with Crippen molar-refractivity contribution in [2.75, 3.05) is 0 Å². The van der Waals surface area contributed by atoms with Crippen molar-refractivity contribution in [2.24, 2.45) is 5.73 Å². The SMILES string of the molecule is CC(C)c1nc(C(=O)NC2CC(N)C2)n[nH]1. The lowest BCUT2D eigenvalue weighted by atomic mass is 9.88. The number of aromatic amines is 1. The molecule has 1 aliphatic rings. The quantitative estimate of drug-likeness (QED) is 0.679. The summed E-state index contributed by atoms with van der Waals surface area (Å²) in [6.45, 7) is 3.99. The Morgan fingerprint density at radius 1 is 1.56 bits per heavy atom. The Labute approximate surface area is 94.0 Å². The van der Waals surface area contributed by atoms with Crippen LogP contribution in [0.3, 0.4) is 0 Å². The molecule has 88 valence electrons. The van der Waals surface area contributed by atoms with E-state index < -0.39 is 0 Å². The summed E-state index contributed by atoms with van der Waals surface area (Å²) < 4.78 is 0. The molecule has 1 fully saturated rings. The Bertz CT molecular complexity index is 380. The molecule has 0 saturated heterocycles. The van der Waals surface area contributed by atoms with Crippen LogP contribution >= 0.6 is 0 Å². The molecule has 6 nitrogen and oxygen atoms in total. The molecule has 0 aromatic carbocycles. The second-order valence-electron chi connectivity index (χ2n) is 4.60. The Hall–Kier alpha value is -1.43. The molecule has 1 heterocycles. The molecule has 1 saturated carbocycles. The maximum absolute atomic E-state index is 11.7. The number of nitrogens with one attached hydrogen (secondary N) is 2. The van der Waals surface area contributed by atoms with E-state index in [1.807, 2.05) is 13.8 Å². The highest BCUT2D eigenvalue weighted by atomic mass is 16.2. The van der Waals surface area contributed by atoms with Gasteiger partial charge in [0.1, 0.15) is 5.82 Å². The first kappa shape index (κ1) is 11.1. The maximum Gasteiger partial charge on any atom is 0.291 e. The average Bonchev–Trinajstić information content (AvgIpc) is 2.63. The van der Waals surface area contributed by atoms with Crippen LogP contribution in [-0.4, -0.2) is 33.2 Å². The molecule has 1 aromatic rings. The third-order valence-corrected chi connectivity index (χ3v) is 2.76. The minimum Gasteiger partial charge on any atom is -0.346 e. The van der Waals surface area contributed by atoms with Gasteiger partial charge in [-0.2, -0.15) is 0 Å². The van der Waals surface area contributed by atoms with Crippen LogP contribution in [0.2, 0.25) is 0 Å². The Balaban J connectivity index is 1.93. The van der Waals surface area contributed by atoms with Gasteiger partial charge in [-0.15, -0.1) is 5.10 Å². The maximum atomic E-state index is 11.7. The fraction of sp³-hybridized carbons (Fsp3) is 0.700. The van der Waals surface area contributed by atoms with Crippen LogP contribution in [0, 0.1) is 0 Å². The number of amides is 1. The van der Waals surface area contributed by atoms with Crippen molar-refractivity contribution >= 4 is 5.91 Å². The van der Waals surface area contributed by atoms with Crippen LogP contribution in [-0.2, 0) is 0 Å². The smallest absolute Gasteiger partial charge is 0.291 e. The van der Waals surface area contributed by atoms with E-state index in [-0.39, 0.29) is 29.7 Å². The van der Waals surface area contributed by atoms with Gasteiger partial charge in [-0.3, -0.25) is 9.89 Å². The van der Waals surface area contributed by atoms with Crippen molar-refractivity contribution in [3.63, 3.8) is 0 Å². The lowest BCUT2D eigenvalue weighted by Gasteiger charge is -2.32. The van der Waals surface area contributed by atoms with Gasteiger partial charge in [0.2, 0.25) is 5.82 Å². The minimum absolute atomic E-state index is 0.184. The number of aromatic nitrogens is 3. The van der Waals surface area contributed by atoms with Crippen LogP contribution in [0.25, 0.3) is 0 Å². The number of hydrogen-bond acceptors (Lipinski definition) is 4. The second kappa shape index (κ2) is 4.21. The molecule has 1 aromatic heterocycles. The summed E-state index contributed by atoms with van der Waals surface area (Å²) in [5.41, 5.74) is 5.64. The lowest BCUT2D eigenvalue weighted by Crippen LogP contribution is -2.50. The predicted molar refractivity (Wildman–Crippen MR) is 58.9 cm³/mol. The zero-order valence-corrected chi connectivity index (χ0v) is 9.53. The highest BCUT2D eigenvalue weighted by Crippen LogP contribution is 2.17. The number of H-pyrrole nitrogens is 1. The second-order valence-corrected chi connectivity index (χ2v) is 4.60. The van der Waals surface area contributed by atoms with Crippen LogP contribution < -0.4 is 11.1 Å². The van der Waals surface area contributed by atoms with Crippen molar-refractivity contribution < 1.29 is 4.79 Å². The monoisotopic (exact) mass is 223 g/mol. The number of carbonyl (C=O) groups excluding carboxylic acids is 1. The molecule has 2 rings (SSSR count). The van der Waals surface area contributed by atoms with Crippen molar-refractivity contribution in [1.29, 1.82) is 0 Å². The molecule has 0 bridgehead atoms. The van der Waals surface area contributed by atoms with Crippen molar-refractivity contribution in [2.45, 2.75) is 44.7 Å². The molecule has 0 unspecified atom stereocenters. The summed E-state index contributed by atoms with van der Waals surface area (Å²) in [6, 6.07) is 0.409. The molecular weight excluding hydrogens is 206 g/mol. The van der Waals surface area contributed by atoms with Crippen LogP contribution in [0.5, 0.6) is 0 Å². The van der Waals surface area contributed by atoms with Crippen molar-refractivity contribution in [3.05, 3.63) is 11.6 Å². The topological polar surface area (TPSA) is 96.7 Å². The molecule has 0 spiro atoms. The third-order valence-electron chi connectivity index (χ3n) is 2.76. The molecule has 0 radical (unpaired) electrons. The molecule has 6 heteroatoms. The summed E-state index contributed by atoms with van der Waals surface area (Å²) >= 11 is 0. The summed E-state index contributed by atoms with van der Waals surface area (Å²) in [4.78, 5) is 15.8. The predicted octanol–water partition coefficient (Wildman–Crippen LogP) is 0.148. The molecule has 0 aliphatic heterocycles. The van der Waals surface area contributed by atoms with Crippen LogP contribution in [0.15, 0.2) is 0 Å². The van der Waals surface area contributed by atoms with Crippen molar-refractivity contribution in [3.8, 4) is 0 Å². The number of carbonyl (C=O) groups is 1. The zero-order valence-electron chi connectivity index (χ0n) is 9.53. The summed E-state index contributed by atoms with van der Waals surface area (Å²) in [7, 11) is 0. The molecule has 1 amide bonds. The van der Waals surface area contributed by atoms with Crippen LogP contribution in [0.4, 0.5) is 0 Å². The molecule has 4 N–H and O–H groups in total. The number of nitrogens with zero attached hydrogens (tertiary/aromatic N) is 2. The van der Waals surface area contributed by atoms with Gasteiger partial charge in [0.05, 0.1) is 0 Å². The van der Waals surface area contributed by atoms with E-state index in [0.29, 0.717) is 0 Å². The number of rotatable bonds is 3. The third kappa shape index (κ3) is 2.21. The van der Waals surface area contributed by atoms with E-state index in [2.05, 4.69) is 20.5 Å². The largest absolute Gasteiger partial charge is 0.346 e. The molecule has 1 aliphatic carbocycles. The molecule has 16 heavy (non-hydrogen) atoms. The van der Waals surface area contributed by atoms with Crippen molar-refractivity contribution in [1.82, 2.24) is 20.5 Å². The summed E-state index contributed by atoms with van der Waals surface area (Å²) in [6.07, 6.45) is 1.68. The lowest BCUT2D eigenvalue weighted by molar-refractivity contribution is 0.0900. The van der Waals surface area contributed by atoms with Gasteiger partial charge >= 0.3 is 0 Å². The highest BCUT2D eigenvalue weighted by molar-refractivity contribution is 5.90. The fourth-order valence-electron chi connectivity index (χ4n) is 1.66. The van der Waals surface area contributed by atoms with Gasteiger partial charge in [-0.1, -0.05) is 13.8 Å². The number of nitrogens with two attached hydrogens (primary N) is 1. The average molecular weight is 223 g/mol. The van der Waals surface area contributed by atoms with E-state index >= 15 is 0 Å².